The van der Waals surface area contributed by atoms with Crippen LogP contribution in [0.2, 0.25) is 0 Å². The van der Waals surface area contributed by atoms with Crippen molar-refractivity contribution in [2.45, 2.75) is 62.1 Å². The van der Waals surface area contributed by atoms with Gasteiger partial charge in [0.2, 0.25) is 0 Å². The molecule has 25 heavy (non-hydrogen) atoms. The smallest absolute Gasteiger partial charge is 0.449 e. The van der Waals surface area contributed by atoms with Crippen LogP contribution in [0.5, 0.6) is 0 Å². The lowest BCUT2D eigenvalue weighted by Crippen LogP contribution is -2.68. The highest BCUT2D eigenvalue weighted by molar-refractivity contribution is 5.76. The van der Waals surface area contributed by atoms with Gasteiger partial charge in [-0.25, -0.2) is 13.6 Å². The minimum atomic E-state index is -5.73. The molecule has 2 rings (SSSR count). The second-order valence-electron chi connectivity index (χ2n) is 5.97. The number of hydrogen-bond donors (Lipinski definition) is 3. The van der Waals surface area contributed by atoms with E-state index in [1.54, 1.807) is 0 Å². The Morgan fingerprint density at radius 3 is 2.24 bits per heavy atom. The van der Waals surface area contributed by atoms with Gasteiger partial charge in [-0.1, -0.05) is 0 Å². The van der Waals surface area contributed by atoms with Gasteiger partial charge < -0.3 is 34.3 Å². The molecule has 2 aliphatic heterocycles. The van der Waals surface area contributed by atoms with E-state index in [1.165, 1.54) is 0 Å². The molecule has 2 fully saturated rings. The Morgan fingerprint density at radius 1 is 1.24 bits per heavy atom. The summed E-state index contributed by atoms with van der Waals surface area (Å²) < 4.78 is 83.4. The normalized spacial score (nSPS) is 41.9. The maximum absolute atomic E-state index is 13.1. The van der Waals surface area contributed by atoms with Gasteiger partial charge in [0.25, 0.3) is 5.79 Å². The topological polar surface area (TPSA) is 115 Å². The van der Waals surface area contributed by atoms with Gasteiger partial charge in [-0.15, -0.1) is 0 Å². The second kappa shape index (κ2) is 5.96. The predicted octanol–water partition coefficient (Wildman–Crippen LogP) is 0.211. The summed E-state index contributed by atoms with van der Waals surface area (Å²) in [5.41, 5.74) is 0. The van der Waals surface area contributed by atoms with Crippen molar-refractivity contribution in [2.75, 3.05) is 6.61 Å². The molecule has 8 nitrogen and oxygen atoms in total. The zero-order valence-electron chi connectivity index (χ0n) is 12.8. The molecule has 0 amide bonds. The van der Waals surface area contributed by atoms with Gasteiger partial charge in [0.1, 0.15) is 12.2 Å². The predicted molar refractivity (Wildman–Crippen MR) is 64.2 cm³/mol. The number of aliphatic hydroxyl groups is 2. The molecule has 3 N–H and O–H groups in total. The summed E-state index contributed by atoms with van der Waals surface area (Å²) in [5.74, 6) is -11.6. The fourth-order valence-electron chi connectivity index (χ4n) is 2.57. The number of carboxylic acids is 1. The third kappa shape index (κ3) is 3.19. The van der Waals surface area contributed by atoms with Crippen LogP contribution in [-0.4, -0.2) is 76.2 Å². The van der Waals surface area contributed by atoms with E-state index in [0.717, 1.165) is 13.8 Å². The van der Waals surface area contributed by atoms with Crippen LogP contribution in [-0.2, 0) is 23.7 Å². The number of alkyl halides is 5. The Balaban J connectivity index is 2.44. The number of carboxylic acid groups (broad SMARTS) is 1. The molecule has 0 aliphatic carbocycles. The first-order valence-corrected chi connectivity index (χ1v) is 6.85. The fourth-order valence-corrected chi connectivity index (χ4v) is 2.57. The number of ether oxygens (including phenoxy) is 4. The van der Waals surface area contributed by atoms with Gasteiger partial charge >= 0.3 is 24.4 Å². The summed E-state index contributed by atoms with van der Waals surface area (Å²) in [5, 5.41) is 29.0. The van der Waals surface area contributed by atoms with Crippen molar-refractivity contribution >= 4 is 5.97 Å². The lowest BCUT2D eigenvalue weighted by atomic mass is 9.98. The quantitative estimate of drug-likeness (QED) is 0.594. The van der Waals surface area contributed by atoms with Crippen LogP contribution >= 0.6 is 0 Å². The van der Waals surface area contributed by atoms with Gasteiger partial charge in [-0.05, 0) is 13.8 Å². The molecular weight excluding hydrogens is 367 g/mol. The molecule has 2 saturated heterocycles. The molecule has 2 heterocycles. The molecule has 0 radical (unpaired) electrons. The van der Waals surface area contributed by atoms with Crippen molar-refractivity contribution in [1.29, 1.82) is 0 Å². The first-order valence-electron chi connectivity index (χ1n) is 6.85. The van der Waals surface area contributed by atoms with Gasteiger partial charge in [0, 0.05) is 0 Å². The van der Waals surface area contributed by atoms with Gasteiger partial charge in [0.05, 0.1) is 6.61 Å². The highest BCUT2D eigenvalue weighted by Crippen LogP contribution is 2.47. The number of halogens is 5. The lowest BCUT2D eigenvalue weighted by Gasteiger charge is -2.45. The van der Waals surface area contributed by atoms with Crippen LogP contribution in [0, 0.1) is 0 Å². The summed E-state index contributed by atoms with van der Waals surface area (Å²) in [6, 6.07) is 0. The highest BCUT2D eigenvalue weighted by atomic mass is 19.4. The van der Waals surface area contributed by atoms with E-state index in [-0.39, 0.29) is 0 Å². The monoisotopic (exact) mass is 382 g/mol. The highest BCUT2D eigenvalue weighted by Gasteiger charge is 2.71. The Labute approximate surface area is 137 Å². The van der Waals surface area contributed by atoms with Gasteiger partial charge in [0.15, 0.2) is 11.9 Å². The maximum Gasteiger partial charge on any atom is 0.449 e. The molecule has 13 heteroatoms. The summed E-state index contributed by atoms with van der Waals surface area (Å²) in [7, 11) is 0. The van der Waals surface area contributed by atoms with E-state index in [1.807, 2.05) is 0 Å². The fraction of sp³-hybridized carbons (Fsp3) is 0.917. The van der Waals surface area contributed by atoms with Gasteiger partial charge in [-0.2, -0.15) is 13.2 Å². The van der Waals surface area contributed by atoms with Crippen LogP contribution < -0.4 is 0 Å². The first kappa shape index (κ1) is 20.2. The third-order valence-electron chi connectivity index (χ3n) is 3.64. The van der Waals surface area contributed by atoms with E-state index < -0.39 is 60.9 Å². The maximum atomic E-state index is 13.1. The van der Waals surface area contributed by atoms with Crippen LogP contribution in [0.25, 0.3) is 0 Å². The van der Waals surface area contributed by atoms with Crippen LogP contribution in [0.4, 0.5) is 22.0 Å². The molecule has 146 valence electrons. The molecule has 2 aliphatic rings. The number of aliphatic carboxylic acids is 1. The number of hydrogen-bond acceptors (Lipinski definition) is 7. The Kier molecular flexibility index (Phi) is 4.81. The molecule has 5 atom stereocenters. The SMILES string of the molecule is CC1(C)O[C@@H]([C@@H]2OC(C(F)F)(C(F)(F)F)OC[C@@H]2O)[C@@](O)(C(=O)O)O1. The van der Waals surface area contributed by atoms with Crippen molar-refractivity contribution in [3.8, 4) is 0 Å². The summed E-state index contributed by atoms with van der Waals surface area (Å²) in [6.45, 7) is 0.970. The van der Waals surface area contributed by atoms with Crippen molar-refractivity contribution < 1.29 is 61.0 Å². The number of aliphatic hydroxyl groups excluding tert-OH is 1. The number of rotatable bonds is 3. The van der Waals surface area contributed by atoms with Gasteiger partial charge in [-0.3, -0.25) is 0 Å². The van der Waals surface area contributed by atoms with E-state index in [2.05, 4.69) is 9.47 Å². The Hall–Kier alpha value is -1.12. The van der Waals surface area contributed by atoms with Crippen molar-refractivity contribution in [3.63, 3.8) is 0 Å². The second-order valence-corrected chi connectivity index (χ2v) is 5.97. The Morgan fingerprint density at radius 2 is 1.80 bits per heavy atom. The standard InChI is InChI=1S/C12H15F5O8/c1-9(2)24-6(10(21,25-9)8(19)20)5-4(18)3-22-11(23-5,7(13)14)12(15,16)17/h4-7,18,21H,3H2,1-2H3,(H,19,20)/t4-,5+,6-,10-,11?/m0/s1. The molecular formula is C12H15F5O8. The molecule has 0 saturated carbocycles. The molecule has 0 aromatic carbocycles. The molecule has 0 spiro atoms. The van der Waals surface area contributed by atoms with Crippen LogP contribution in [0.1, 0.15) is 13.8 Å². The van der Waals surface area contributed by atoms with E-state index in [0.29, 0.717) is 0 Å². The van der Waals surface area contributed by atoms with Crippen molar-refractivity contribution in [2.24, 2.45) is 0 Å². The first-order chi connectivity index (χ1) is 11.2. The van der Waals surface area contributed by atoms with Crippen molar-refractivity contribution in [3.05, 3.63) is 0 Å². The van der Waals surface area contributed by atoms with Crippen molar-refractivity contribution in [1.82, 2.24) is 0 Å². The largest absolute Gasteiger partial charge is 0.477 e. The minimum Gasteiger partial charge on any atom is -0.477 e. The van der Waals surface area contributed by atoms with E-state index >= 15 is 0 Å². The van der Waals surface area contributed by atoms with E-state index in [9.17, 15) is 37.0 Å². The van der Waals surface area contributed by atoms with Crippen LogP contribution in [0.15, 0.2) is 0 Å². The van der Waals surface area contributed by atoms with E-state index in [4.69, 9.17) is 14.6 Å². The summed E-state index contributed by atoms with van der Waals surface area (Å²) >= 11 is 0. The zero-order valence-corrected chi connectivity index (χ0v) is 12.8. The molecule has 0 aromatic heterocycles. The molecule has 0 aromatic rings. The Bertz CT molecular complexity index is 540. The average molecular weight is 382 g/mol. The number of carbonyl (C=O) groups is 1. The summed E-state index contributed by atoms with van der Waals surface area (Å²) in [6.07, 6.45) is -16.6. The van der Waals surface area contributed by atoms with Crippen LogP contribution in [0.3, 0.4) is 0 Å². The summed E-state index contributed by atoms with van der Waals surface area (Å²) in [4.78, 5) is 11.3. The molecule has 1 unspecified atom stereocenters. The average Bonchev–Trinajstić information content (AvgIpc) is 2.68. The molecule has 0 bridgehead atoms. The third-order valence-corrected chi connectivity index (χ3v) is 3.64. The lowest BCUT2D eigenvalue weighted by molar-refractivity contribution is -0.459. The zero-order chi connectivity index (χ0) is 19.4. The minimum absolute atomic E-state index is 1.12.